The molecular formula is C11H23N3O3S. The van der Waals surface area contributed by atoms with Crippen molar-refractivity contribution in [2.45, 2.75) is 19.3 Å². The van der Waals surface area contributed by atoms with Gasteiger partial charge in [-0.2, -0.15) is 12.7 Å². The Kier molecular flexibility index (Phi) is 4.97. The summed E-state index contributed by atoms with van der Waals surface area (Å²) in [4.78, 5) is 0. The van der Waals surface area contributed by atoms with E-state index in [0.29, 0.717) is 44.6 Å². The van der Waals surface area contributed by atoms with Crippen LogP contribution in [0.2, 0.25) is 0 Å². The summed E-state index contributed by atoms with van der Waals surface area (Å²) < 4.78 is 33.6. The fourth-order valence-electron chi connectivity index (χ4n) is 2.44. The molecule has 18 heavy (non-hydrogen) atoms. The first kappa shape index (κ1) is 14.2. The highest BCUT2D eigenvalue weighted by molar-refractivity contribution is 7.87. The molecule has 0 spiro atoms. The molecule has 2 fully saturated rings. The average Bonchev–Trinajstić information content (AvgIpc) is 2.90. The third kappa shape index (κ3) is 3.64. The molecule has 2 aliphatic heterocycles. The molecule has 0 aromatic rings. The van der Waals surface area contributed by atoms with Crippen molar-refractivity contribution in [2.75, 3.05) is 39.4 Å². The SMILES string of the molecule is NCC1CCN(S(=O)(=O)NCC2CCOC2)CC1. The quantitative estimate of drug-likeness (QED) is 0.711. The number of rotatable bonds is 5. The summed E-state index contributed by atoms with van der Waals surface area (Å²) >= 11 is 0. The number of nitrogens with one attached hydrogen (secondary N) is 1. The monoisotopic (exact) mass is 277 g/mol. The van der Waals surface area contributed by atoms with Crippen LogP contribution in [0.25, 0.3) is 0 Å². The lowest BCUT2D eigenvalue weighted by Gasteiger charge is -2.30. The van der Waals surface area contributed by atoms with E-state index in [-0.39, 0.29) is 0 Å². The Morgan fingerprint density at radius 2 is 1.94 bits per heavy atom. The lowest BCUT2D eigenvalue weighted by molar-refractivity contribution is 0.186. The van der Waals surface area contributed by atoms with Gasteiger partial charge in [-0.3, -0.25) is 0 Å². The Morgan fingerprint density at radius 3 is 2.50 bits per heavy atom. The molecule has 2 aliphatic rings. The van der Waals surface area contributed by atoms with E-state index in [4.69, 9.17) is 10.5 Å². The van der Waals surface area contributed by atoms with E-state index in [1.54, 1.807) is 0 Å². The summed E-state index contributed by atoms with van der Waals surface area (Å²) in [7, 11) is -3.32. The highest BCUT2D eigenvalue weighted by Crippen LogP contribution is 2.18. The van der Waals surface area contributed by atoms with Crippen LogP contribution in [0.1, 0.15) is 19.3 Å². The molecule has 1 atom stereocenters. The maximum absolute atomic E-state index is 12.1. The molecule has 0 radical (unpaired) electrons. The number of hydrogen-bond donors (Lipinski definition) is 2. The largest absolute Gasteiger partial charge is 0.381 e. The Hall–Kier alpha value is -0.210. The van der Waals surface area contributed by atoms with Crippen molar-refractivity contribution in [2.24, 2.45) is 17.6 Å². The minimum atomic E-state index is -3.32. The lowest BCUT2D eigenvalue weighted by Crippen LogP contribution is -2.46. The second kappa shape index (κ2) is 6.29. The average molecular weight is 277 g/mol. The number of piperidine rings is 1. The number of ether oxygens (including phenoxy) is 1. The van der Waals surface area contributed by atoms with Gasteiger partial charge in [0, 0.05) is 26.2 Å². The molecule has 3 N–H and O–H groups in total. The van der Waals surface area contributed by atoms with Crippen LogP contribution in [0, 0.1) is 11.8 Å². The summed E-state index contributed by atoms with van der Waals surface area (Å²) in [5, 5.41) is 0. The van der Waals surface area contributed by atoms with E-state index in [1.165, 1.54) is 4.31 Å². The smallest absolute Gasteiger partial charge is 0.279 e. The third-order valence-electron chi connectivity index (χ3n) is 3.83. The van der Waals surface area contributed by atoms with Crippen LogP contribution in [0.15, 0.2) is 0 Å². The van der Waals surface area contributed by atoms with Gasteiger partial charge in [0.15, 0.2) is 0 Å². The molecule has 0 bridgehead atoms. The number of nitrogens with two attached hydrogens (primary N) is 1. The van der Waals surface area contributed by atoms with Crippen molar-refractivity contribution in [3.05, 3.63) is 0 Å². The third-order valence-corrected chi connectivity index (χ3v) is 5.40. The predicted octanol–water partition coefficient (Wildman–Crippen LogP) is -0.472. The molecule has 6 nitrogen and oxygen atoms in total. The first-order valence-corrected chi connectivity index (χ1v) is 8.08. The molecule has 0 amide bonds. The van der Waals surface area contributed by atoms with E-state index in [2.05, 4.69) is 4.72 Å². The standard InChI is InChI=1S/C11H23N3O3S/c12-7-10-1-4-14(5-2-10)18(15,16)13-8-11-3-6-17-9-11/h10-11,13H,1-9,12H2. The Bertz CT molecular complexity index is 347. The van der Waals surface area contributed by atoms with Crippen LogP contribution >= 0.6 is 0 Å². The van der Waals surface area contributed by atoms with Gasteiger partial charge in [0.05, 0.1) is 6.61 Å². The normalized spacial score (nSPS) is 27.7. The number of nitrogens with zero attached hydrogens (tertiary/aromatic N) is 1. The molecule has 0 aromatic heterocycles. The highest BCUT2D eigenvalue weighted by Gasteiger charge is 2.28. The van der Waals surface area contributed by atoms with Crippen molar-refractivity contribution in [1.82, 2.24) is 9.03 Å². The van der Waals surface area contributed by atoms with E-state index in [9.17, 15) is 8.42 Å². The minimum absolute atomic E-state index is 0.321. The Labute approximate surface area is 109 Å². The van der Waals surface area contributed by atoms with E-state index in [1.807, 2.05) is 0 Å². The summed E-state index contributed by atoms with van der Waals surface area (Å²) in [6.45, 7) is 3.71. The van der Waals surface area contributed by atoms with E-state index >= 15 is 0 Å². The molecule has 2 heterocycles. The summed E-state index contributed by atoms with van der Waals surface area (Å²) in [5.74, 6) is 0.793. The van der Waals surface area contributed by atoms with E-state index in [0.717, 1.165) is 25.9 Å². The van der Waals surface area contributed by atoms with Gasteiger partial charge in [-0.25, -0.2) is 4.72 Å². The fourth-order valence-corrected chi connectivity index (χ4v) is 3.76. The van der Waals surface area contributed by atoms with Crippen molar-refractivity contribution >= 4 is 10.2 Å². The molecular weight excluding hydrogens is 254 g/mol. The molecule has 0 aliphatic carbocycles. The van der Waals surface area contributed by atoms with Gasteiger partial charge in [-0.15, -0.1) is 0 Å². The Balaban J connectivity index is 1.79. The molecule has 0 aromatic carbocycles. The molecule has 0 saturated carbocycles. The first-order chi connectivity index (χ1) is 8.62. The van der Waals surface area contributed by atoms with Gasteiger partial charge in [-0.05, 0) is 37.6 Å². The fraction of sp³-hybridized carbons (Fsp3) is 1.00. The van der Waals surface area contributed by atoms with Crippen LogP contribution in [-0.4, -0.2) is 52.1 Å². The van der Waals surface area contributed by atoms with Crippen LogP contribution < -0.4 is 10.5 Å². The van der Waals surface area contributed by atoms with Gasteiger partial charge < -0.3 is 10.5 Å². The van der Waals surface area contributed by atoms with Gasteiger partial charge in [0.2, 0.25) is 0 Å². The van der Waals surface area contributed by atoms with E-state index < -0.39 is 10.2 Å². The zero-order valence-corrected chi connectivity index (χ0v) is 11.5. The van der Waals surface area contributed by atoms with Crippen LogP contribution in [0.4, 0.5) is 0 Å². The van der Waals surface area contributed by atoms with Crippen LogP contribution in [0.5, 0.6) is 0 Å². The second-order valence-corrected chi connectivity index (χ2v) is 6.92. The zero-order chi connectivity index (χ0) is 13.0. The molecule has 2 rings (SSSR count). The van der Waals surface area contributed by atoms with Crippen molar-refractivity contribution in [3.8, 4) is 0 Å². The summed E-state index contributed by atoms with van der Waals surface area (Å²) in [6.07, 6.45) is 2.67. The minimum Gasteiger partial charge on any atom is -0.381 e. The van der Waals surface area contributed by atoms with Crippen LogP contribution in [0.3, 0.4) is 0 Å². The summed E-state index contributed by atoms with van der Waals surface area (Å²) in [5.41, 5.74) is 5.60. The maximum Gasteiger partial charge on any atom is 0.279 e. The predicted molar refractivity (Wildman–Crippen MR) is 69.2 cm³/mol. The second-order valence-electron chi connectivity index (χ2n) is 5.16. The zero-order valence-electron chi connectivity index (χ0n) is 10.7. The van der Waals surface area contributed by atoms with Crippen LogP contribution in [-0.2, 0) is 14.9 Å². The van der Waals surface area contributed by atoms with Gasteiger partial charge in [0.25, 0.3) is 10.2 Å². The Morgan fingerprint density at radius 1 is 1.22 bits per heavy atom. The first-order valence-electron chi connectivity index (χ1n) is 6.64. The molecule has 106 valence electrons. The molecule has 1 unspecified atom stereocenters. The lowest BCUT2D eigenvalue weighted by atomic mass is 9.99. The summed E-state index contributed by atoms with van der Waals surface area (Å²) in [6, 6.07) is 0. The molecule has 2 saturated heterocycles. The molecule has 7 heteroatoms. The van der Waals surface area contributed by atoms with Gasteiger partial charge >= 0.3 is 0 Å². The van der Waals surface area contributed by atoms with Crippen molar-refractivity contribution < 1.29 is 13.2 Å². The number of hydrogen-bond acceptors (Lipinski definition) is 4. The highest BCUT2D eigenvalue weighted by atomic mass is 32.2. The topological polar surface area (TPSA) is 84.7 Å². The maximum atomic E-state index is 12.1. The van der Waals surface area contributed by atoms with Crippen molar-refractivity contribution in [1.29, 1.82) is 0 Å². The van der Waals surface area contributed by atoms with Gasteiger partial charge in [-0.1, -0.05) is 0 Å². The van der Waals surface area contributed by atoms with Gasteiger partial charge in [0.1, 0.15) is 0 Å². The van der Waals surface area contributed by atoms with Crippen molar-refractivity contribution in [3.63, 3.8) is 0 Å².